The van der Waals surface area contributed by atoms with Crippen LogP contribution in [-0.4, -0.2) is 21.4 Å². The maximum absolute atomic E-state index is 13.1. The predicted octanol–water partition coefficient (Wildman–Crippen LogP) is 3.72. The van der Waals surface area contributed by atoms with Crippen molar-refractivity contribution in [2.45, 2.75) is 33.4 Å². The van der Waals surface area contributed by atoms with E-state index in [4.69, 9.17) is 9.40 Å². The molecule has 0 spiro atoms. The van der Waals surface area contributed by atoms with Crippen LogP contribution in [0.5, 0.6) is 0 Å². The van der Waals surface area contributed by atoms with Crippen molar-refractivity contribution in [1.82, 2.24) is 14.9 Å². The normalized spacial score (nSPS) is 14.0. The third-order valence-corrected chi connectivity index (χ3v) is 5.88. The van der Waals surface area contributed by atoms with Crippen LogP contribution in [0.4, 0.5) is 0 Å². The topological polar surface area (TPSA) is 79.2 Å². The lowest BCUT2D eigenvalue weighted by molar-refractivity contribution is 0.239. The Labute approximate surface area is 179 Å². The number of aromatic amines is 1. The number of nitrogens with zero attached hydrogens (tertiary/aromatic N) is 2. The molecule has 4 aromatic rings. The van der Waals surface area contributed by atoms with Gasteiger partial charge in [0.15, 0.2) is 5.43 Å². The molecule has 0 saturated heterocycles. The van der Waals surface area contributed by atoms with Gasteiger partial charge in [-0.15, -0.1) is 0 Å². The molecule has 31 heavy (non-hydrogen) atoms. The molecule has 1 N–H and O–H groups in total. The van der Waals surface area contributed by atoms with Gasteiger partial charge in [-0.25, -0.2) is 4.98 Å². The van der Waals surface area contributed by atoms with Crippen LogP contribution < -0.4 is 11.0 Å². The van der Waals surface area contributed by atoms with E-state index in [0.717, 1.165) is 28.9 Å². The van der Waals surface area contributed by atoms with Crippen LogP contribution in [0.1, 0.15) is 27.9 Å². The molecule has 3 heterocycles. The zero-order valence-electron chi connectivity index (χ0n) is 17.6. The third-order valence-electron chi connectivity index (χ3n) is 5.88. The molecule has 6 heteroatoms. The summed E-state index contributed by atoms with van der Waals surface area (Å²) in [6.07, 6.45) is 2.22. The Morgan fingerprint density at radius 1 is 1.13 bits per heavy atom. The van der Waals surface area contributed by atoms with Gasteiger partial charge in [0, 0.05) is 37.2 Å². The highest BCUT2D eigenvalue weighted by atomic mass is 16.3. The fraction of sp³-hybridized carbons (Fsp3) is 0.240. The maximum atomic E-state index is 13.1. The second-order valence-corrected chi connectivity index (χ2v) is 8.21. The summed E-state index contributed by atoms with van der Waals surface area (Å²) in [7, 11) is 0. The average Bonchev–Trinajstić information content (AvgIpc) is 2.76. The first-order valence-corrected chi connectivity index (χ1v) is 10.4. The van der Waals surface area contributed by atoms with Crippen molar-refractivity contribution in [3.8, 4) is 11.4 Å². The first kappa shape index (κ1) is 19.5. The molecule has 156 valence electrons. The summed E-state index contributed by atoms with van der Waals surface area (Å²) in [5, 5.41) is 0.632. The van der Waals surface area contributed by atoms with E-state index in [1.807, 2.05) is 56.3 Å². The van der Waals surface area contributed by atoms with Crippen molar-refractivity contribution >= 4 is 11.0 Å². The number of fused-ring (bicyclic) bond motifs is 2. The lowest BCUT2D eigenvalue weighted by Crippen LogP contribution is -2.36. The minimum absolute atomic E-state index is 0.00370. The van der Waals surface area contributed by atoms with E-state index in [1.165, 1.54) is 0 Å². The van der Waals surface area contributed by atoms with Crippen LogP contribution in [0.25, 0.3) is 22.4 Å². The Morgan fingerprint density at radius 2 is 1.94 bits per heavy atom. The van der Waals surface area contributed by atoms with Crippen molar-refractivity contribution in [2.24, 2.45) is 0 Å². The lowest BCUT2D eigenvalue weighted by Gasteiger charge is -2.27. The first-order chi connectivity index (χ1) is 15.0. The van der Waals surface area contributed by atoms with Gasteiger partial charge in [-0.05, 0) is 31.0 Å². The van der Waals surface area contributed by atoms with E-state index < -0.39 is 0 Å². The zero-order chi connectivity index (χ0) is 21.5. The standard InChI is InChI=1S/C25H23N3O3/c1-15-10-16(2)22-21(11-15)31-14-18(23(22)29)12-28-9-8-20-19(13-28)25(30)27-24(26-20)17-6-4-3-5-7-17/h3-7,10-11,14H,8-9,12-13H2,1-2H3,(H,26,27,30). The number of benzene rings is 2. The number of hydrogen-bond acceptors (Lipinski definition) is 5. The van der Waals surface area contributed by atoms with E-state index in [0.29, 0.717) is 47.4 Å². The molecular formula is C25H23N3O3. The second-order valence-electron chi connectivity index (χ2n) is 8.21. The molecule has 0 unspecified atom stereocenters. The van der Waals surface area contributed by atoms with Gasteiger partial charge in [0.1, 0.15) is 11.4 Å². The summed E-state index contributed by atoms with van der Waals surface area (Å²) in [6.45, 7) is 5.53. The van der Waals surface area contributed by atoms with Crippen LogP contribution in [0.3, 0.4) is 0 Å². The Bertz CT molecular complexity index is 1400. The van der Waals surface area contributed by atoms with Crippen LogP contribution in [0.15, 0.2) is 62.7 Å². The fourth-order valence-corrected chi connectivity index (χ4v) is 4.36. The van der Waals surface area contributed by atoms with Gasteiger partial charge in [-0.2, -0.15) is 0 Å². The van der Waals surface area contributed by atoms with Gasteiger partial charge >= 0.3 is 0 Å². The van der Waals surface area contributed by atoms with Crippen LogP contribution in [-0.2, 0) is 19.5 Å². The van der Waals surface area contributed by atoms with Crippen molar-refractivity contribution < 1.29 is 4.42 Å². The van der Waals surface area contributed by atoms with E-state index in [9.17, 15) is 9.59 Å². The summed E-state index contributed by atoms with van der Waals surface area (Å²) in [5.41, 5.74) is 5.47. The number of nitrogens with one attached hydrogen (secondary N) is 1. The molecule has 0 saturated carbocycles. The van der Waals surface area contributed by atoms with Gasteiger partial charge in [0.25, 0.3) is 5.56 Å². The molecule has 0 atom stereocenters. The number of H-pyrrole nitrogens is 1. The lowest BCUT2D eigenvalue weighted by atomic mass is 10.0. The second kappa shape index (κ2) is 7.63. The molecule has 0 aliphatic carbocycles. The summed E-state index contributed by atoms with van der Waals surface area (Å²) < 4.78 is 5.78. The van der Waals surface area contributed by atoms with Gasteiger partial charge in [0.2, 0.25) is 0 Å². The zero-order valence-corrected chi connectivity index (χ0v) is 17.6. The van der Waals surface area contributed by atoms with Gasteiger partial charge in [-0.3, -0.25) is 14.5 Å². The molecule has 5 rings (SSSR count). The first-order valence-electron chi connectivity index (χ1n) is 10.4. The monoisotopic (exact) mass is 413 g/mol. The fourth-order valence-electron chi connectivity index (χ4n) is 4.36. The van der Waals surface area contributed by atoms with Crippen molar-refractivity contribution in [3.63, 3.8) is 0 Å². The van der Waals surface area contributed by atoms with Crippen molar-refractivity contribution in [2.75, 3.05) is 6.54 Å². The van der Waals surface area contributed by atoms with Crippen LogP contribution in [0, 0.1) is 13.8 Å². The molecule has 1 aliphatic heterocycles. The minimum atomic E-state index is -0.120. The van der Waals surface area contributed by atoms with Gasteiger partial charge in [0.05, 0.1) is 22.9 Å². The van der Waals surface area contributed by atoms with Crippen LogP contribution >= 0.6 is 0 Å². The molecule has 0 radical (unpaired) electrons. The van der Waals surface area contributed by atoms with Gasteiger partial charge < -0.3 is 9.40 Å². The van der Waals surface area contributed by atoms with E-state index in [2.05, 4.69) is 9.88 Å². The highest BCUT2D eigenvalue weighted by Gasteiger charge is 2.23. The molecule has 0 bridgehead atoms. The van der Waals surface area contributed by atoms with E-state index in [1.54, 1.807) is 6.26 Å². The Balaban J connectivity index is 1.44. The molecule has 0 fully saturated rings. The predicted molar refractivity (Wildman–Crippen MR) is 120 cm³/mol. The molecule has 6 nitrogen and oxygen atoms in total. The minimum Gasteiger partial charge on any atom is -0.464 e. The third kappa shape index (κ3) is 3.59. The summed E-state index contributed by atoms with van der Waals surface area (Å²) in [5.74, 6) is 0.596. The Kier molecular flexibility index (Phi) is 4.79. The molecule has 2 aromatic carbocycles. The van der Waals surface area contributed by atoms with Crippen LogP contribution in [0.2, 0.25) is 0 Å². The highest BCUT2D eigenvalue weighted by molar-refractivity contribution is 5.81. The number of hydrogen-bond donors (Lipinski definition) is 1. The van der Waals surface area contributed by atoms with Gasteiger partial charge in [-0.1, -0.05) is 36.4 Å². The van der Waals surface area contributed by atoms with E-state index >= 15 is 0 Å². The highest BCUT2D eigenvalue weighted by Crippen LogP contribution is 2.21. The van der Waals surface area contributed by atoms with E-state index in [-0.39, 0.29) is 11.0 Å². The largest absolute Gasteiger partial charge is 0.464 e. The quantitative estimate of drug-likeness (QED) is 0.554. The van der Waals surface area contributed by atoms with Crippen molar-refractivity contribution in [3.05, 3.63) is 97.3 Å². The Morgan fingerprint density at radius 3 is 2.74 bits per heavy atom. The number of rotatable bonds is 3. The summed E-state index contributed by atoms with van der Waals surface area (Å²) >= 11 is 0. The number of aromatic nitrogens is 2. The van der Waals surface area contributed by atoms with Crippen molar-refractivity contribution in [1.29, 1.82) is 0 Å². The summed E-state index contributed by atoms with van der Waals surface area (Å²) in [6, 6.07) is 13.5. The summed E-state index contributed by atoms with van der Waals surface area (Å²) in [4.78, 5) is 35.6. The molecule has 2 aromatic heterocycles. The maximum Gasteiger partial charge on any atom is 0.255 e. The number of aryl methyl sites for hydroxylation is 2. The smallest absolute Gasteiger partial charge is 0.255 e. The SMILES string of the molecule is Cc1cc(C)c2c(=O)c(CN3CCc4nc(-c5ccccc5)[nH]c(=O)c4C3)coc2c1. The molecular weight excluding hydrogens is 390 g/mol. The molecule has 1 aliphatic rings. The Hall–Kier alpha value is -3.51. The molecule has 0 amide bonds. The average molecular weight is 413 g/mol.